The summed E-state index contributed by atoms with van der Waals surface area (Å²) < 4.78 is 0. The van der Waals surface area contributed by atoms with Crippen molar-refractivity contribution in [2.75, 3.05) is 13.1 Å². The maximum absolute atomic E-state index is 11.5. The molecule has 1 N–H and O–H groups in total. The lowest BCUT2D eigenvalue weighted by Crippen LogP contribution is -2.51. The average Bonchev–Trinajstić information content (AvgIpc) is 2.58. The summed E-state index contributed by atoms with van der Waals surface area (Å²) in [5.74, 6) is -0.0947. The minimum absolute atomic E-state index is 0.0137. The SMILES string of the molecule is Cc1cscc1CN1CC(=O)NCC1=O. The first-order valence-electron chi connectivity index (χ1n) is 4.73. The normalized spacial score (nSPS) is 16.7. The van der Waals surface area contributed by atoms with Crippen molar-refractivity contribution in [1.82, 2.24) is 10.2 Å². The molecule has 0 unspecified atom stereocenters. The summed E-state index contributed by atoms with van der Waals surface area (Å²) in [6.45, 7) is 2.86. The molecule has 1 saturated heterocycles. The zero-order valence-corrected chi connectivity index (χ0v) is 9.26. The van der Waals surface area contributed by atoms with E-state index in [0.717, 1.165) is 5.56 Å². The number of thiophene rings is 1. The number of piperazine rings is 1. The van der Waals surface area contributed by atoms with Crippen molar-refractivity contribution < 1.29 is 9.59 Å². The molecule has 15 heavy (non-hydrogen) atoms. The summed E-state index contributed by atoms with van der Waals surface area (Å²) in [5, 5.41) is 6.60. The number of nitrogens with one attached hydrogen (secondary N) is 1. The van der Waals surface area contributed by atoms with Gasteiger partial charge in [0.25, 0.3) is 0 Å². The Morgan fingerprint density at radius 1 is 1.47 bits per heavy atom. The predicted molar refractivity (Wildman–Crippen MR) is 57.5 cm³/mol. The Morgan fingerprint density at radius 3 is 2.93 bits per heavy atom. The summed E-state index contributed by atoms with van der Waals surface area (Å²) in [6, 6.07) is 0. The van der Waals surface area contributed by atoms with Gasteiger partial charge >= 0.3 is 0 Å². The molecule has 0 aliphatic carbocycles. The van der Waals surface area contributed by atoms with Gasteiger partial charge in [-0.3, -0.25) is 9.59 Å². The van der Waals surface area contributed by atoms with Crippen LogP contribution in [0.4, 0.5) is 0 Å². The van der Waals surface area contributed by atoms with Gasteiger partial charge in [0.2, 0.25) is 11.8 Å². The molecule has 0 aromatic carbocycles. The first-order chi connectivity index (χ1) is 7.16. The predicted octanol–water partition coefficient (Wildman–Crippen LogP) is 0.515. The molecule has 4 nitrogen and oxygen atoms in total. The van der Waals surface area contributed by atoms with Crippen LogP contribution in [-0.2, 0) is 16.1 Å². The van der Waals surface area contributed by atoms with Crippen LogP contribution in [0, 0.1) is 6.92 Å². The molecule has 0 spiro atoms. The monoisotopic (exact) mass is 224 g/mol. The van der Waals surface area contributed by atoms with Crippen LogP contribution >= 0.6 is 11.3 Å². The van der Waals surface area contributed by atoms with Crippen molar-refractivity contribution in [2.45, 2.75) is 13.5 Å². The van der Waals surface area contributed by atoms with E-state index < -0.39 is 0 Å². The number of hydrogen-bond donors (Lipinski definition) is 1. The summed E-state index contributed by atoms with van der Waals surface area (Å²) in [4.78, 5) is 24.2. The molecular formula is C10H12N2O2S. The number of nitrogens with zero attached hydrogens (tertiary/aromatic N) is 1. The molecule has 0 bridgehead atoms. The van der Waals surface area contributed by atoms with E-state index >= 15 is 0 Å². The Morgan fingerprint density at radius 2 is 2.27 bits per heavy atom. The summed E-state index contributed by atoms with van der Waals surface area (Å²) in [5.41, 5.74) is 2.31. The van der Waals surface area contributed by atoms with E-state index in [1.165, 1.54) is 5.56 Å². The summed E-state index contributed by atoms with van der Waals surface area (Å²) >= 11 is 1.62. The molecule has 0 radical (unpaired) electrons. The quantitative estimate of drug-likeness (QED) is 0.796. The van der Waals surface area contributed by atoms with Crippen molar-refractivity contribution in [3.8, 4) is 0 Å². The van der Waals surface area contributed by atoms with Crippen LogP contribution in [0.5, 0.6) is 0 Å². The Balaban J connectivity index is 2.07. The first-order valence-corrected chi connectivity index (χ1v) is 5.67. The number of hydrogen-bond acceptors (Lipinski definition) is 3. The van der Waals surface area contributed by atoms with E-state index in [1.54, 1.807) is 16.2 Å². The van der Waals surface area contributed by atoms with Gasteiger partial charge in [0.15, 0.2) is 0 Å². The lowest BCUT2D eigenvalue weighted by molar-refractivity contribution is -0.141. The van der Waals surface area contributed by atoms with Gasteiger partial charge in [-0.25, -0.2) is 0 Å². The van der Waals surface area contributed by atoms with Crippen LogP contribution in [0.2, 0.25) is 0 Å². The van der Waals surface area contributed by atoms with Crippen LogP contribution in [-0.4, -0.2) is 29.8 Å². The third-order valence-electron chi connectivity index (χ3n) is 2.45. The van der Waals surface area contributed by atoms with Gasteiger partial charge in [-0.05, 0) is 28.8 Å². The zero-order chi connectivity index (χ0) is 10.8. The number of carbonyl (C=O) groups is 2. The Hall–Kier alpha value is -1.36. The second-order valence-electron chi connectivity index (χ2n) is 3.61. The number of amides is 2. The fraction of sp³-hybridized carbons (Fsp3) is 0.400. The van der Waals surface area contributed by atoms with Crippen molar-refractivity contribution in [3.63, 3.8) is 0 Å². The minimum Gasteiger partial charge on any atom is -0.345 e. The molecular weight excluding hydrogens is 212 g/mol. The highest BCUT2D eigenvalue weighted by Gasteiger charge is 2.23. The third-order valence-corrected chi connectivity index (χ3v) is 3.36. The van der Waals surface area contributed by atoms with E-state index in [2.05, 4.69) is 5.32 Å². The zero-order valence-electron chi connectivity index (χ0n) is 8.45. The van der Waals surface area contributed by atoms with Crippen LogP contribution in [0.1, 0.15) is 11.1 Å². The Kier molecular flexibility index (Phi) is 2.73. The number of rotatable bonds is 2. The maximum atomic E-state index is 11.5. The topological polar surface area (TPSA) is 49.4 Å². The second-order valence-corrected chi connectivity index (χ2v) is 4.35. The lowest BCUT2D eigenvalue weighted by atomic mass is 10.2. The lowest BCUT2D eigenvalue weighted by Gasteiger charge is -2.26. The highest BCUT2D eigenvalue weighted by Crippen LogP contribution is 2.16. The van der Waals surface area contributed by atoms with Gasteiger partial charge < -0.3 is 10.2 Å². The molecule has 2 heterocycles. The van der Waals surface area contributed by atoms with Crippen LogP contribution in [0.3, 0.4) is 0 Å². The van der Waals surface area contributed by atoms with E-state index in [4.69, 9.17) is 0 Å². The van der Waals surface area contributed by atoms with E-state index in [1.807, 2.05) is 17.7 Å². The Labute approximate surface area is 91.9 Å². The number of aryl methyl sites for hydroxylation is 1. The summed E-state index contributed by atoms with van der Waals surface area (Å²) in [7, 11) is 0. The molecule has 5 heteroatoms. The average molecular weight is 224 g/mol. The third kappa shape index (κ3) is 2.18. The molecule has 1 aliphatic heterocycles. The van der Waals surface area contributed by atoms with Crippen molar-refractivity contribution >= 4 is 23.2 Å². The van der Waals surface area contributed by atoms with E-state index in [-0.39, 0.29) is 24.9 Å². The number of carbonyl (C=O) groups excluding carboxylic acids is 2. The standard InChI is InChI=1S/C10H12N2O2S/c1-7-5-15-6-8(7)3-12-4-9(13)11-2-10(12)14/h5-6H,2-4H2,1H3,(H,11,13). The van der Waals surface area contributed by atoms with Gasteiger partial charge in [0, 0.05) is 6.54 Å². The van der Waals surface area contributed by atoms with Gasteiger partial charge in [-0.15, -0.1) is 0 Å². The van der Waals surface area contributed by atoms with Crippen LogP contribution in [0.15, 0.2) is 10.8 Å². The smallest absolute Gasteiger partial charge is 0.242 e. The molecule has 1 fully saturated rings. The van der Waals surface area contributed by atoms with Crippen molar-refractivity contribution in [2.24, 2.45) is 0 Å². The highest BCUT2D eigenvalue weighted by atomic mass is 32.1. The maximum Gasteiger partial charge on any atom is 0.242 e. The largest absolute Gasteiger partial charge is 0.345 e. The van der Waals surface area contributed by atoms with E-state index in [0.29, 0.717) is 6.54 Å². The first kappa shape index (κ1) is 10.2. The fourth-order valence-corrected chi connectivity index (χ4v) is 2.35. The molecule has 0 atom stereocenters. The molecule has 2 rings (SSSR count). The molecule has 1 aromatic heterocycles. The molecule has 80 valence electrons. The molecule has 1 aliphatic rings. The van der Waals surface area contributed by atoms with Gasteiger partial charge in [-0.2, -0.15) is 11.3 Å². The minimum atomic E-state index is -0.0810. The van der Waals surface area contributed by atoms with Crippen LogP contribution < -0.4 is 5.32 Å². The molecule has 2 amide bonds. The van der Waals surface area contributed by atoms with Crippen molar-refractivity contribution in [3.05, 3.63) is 21.9 Å². The van der Waals surface area contributed by atoms with Gasteiger partial charge in [-0.1, -0.05) is 0 Å². The molecule has 0 saturated carbocycles. The summed E-state index contributed by atoms with van der Waals surface area (Å²) in [6.07, 6.45) is 0. The van der Waals surface area contributed by atoms with E-state index in [9.17, 15) is 9.59 Å². The Bertz CT molecular complexity index is 400. The van der Waals surface area contributed by atoms with Crippen molar-refractivity contribution in [1.29, 1.82) is 0 Å². The van der Waals surface area contributed by atoms with Crippen LogP contribution in [0.25, 0.3) is 0 Å². The fourth-order valence-electron chi connectivity index (χ4n) is 1.50. The van der Waals surface area contributed by atoms with Gasteiger partial charge in [0.05, 0.1) is 13.1 Å². The molecule has 1 aromatic rings. The van der Waals surface area contributed by atoms with Gasteiger partial charge in [0.1, 0.15) is 0 Å². The second kappa shape index (κ2) is 4.02. The highest BCUT2D eigenvalue weighted by molar-refractivity contribution is 7.08.